The maximum atomic E-state index is 9.51. The van der Waals surface area contributed by atoms with Gasteiger partial charge in [0.2, 0.25) is 0 Å². The van der Waals surface area contributed by atoms with Crippen molar-refractivity contribution in [2.24, 2.45) is 5.41 Å². The van der Waals surface area contributed by atoms with Gasteiger partial charge >= 0.3 is 0 Å². The fourth-order valence-corrected chi connectivity index (χ4v) is 2.41. The Kier molecular flexibility index (Phi) is 6.49. The summed E-state index contributed by atoms with van der Waals surface area (Å²) in [5.41, 5.74) is 2.49. The predicted molar refractivity (Wildman–Crippen MR) is 86.1 cm³/mol. The third-order valence-corrected chi connectivity index (χ3v) is 3.50. The molecule has 0 fully saturated rings. The average molecular weight is 295 g/mol. The van der Waals surface area contributed by atoms with Gasteiger partial charge in [-0.15, -0.1) is 0 Å². The second-order valence-electron chi connectivity index (χ2n) is 6.66. The van der Waals surface area contributed by atoms with Gasteiger partial charge in [-0.1, -0.05) is 20.8 Å². The first-order valence-electron chi connectivity index (χ1n) is 7.36. The van der Waals surface area contributed by atoms with E-state index in [1.54, 1.807) is 14.2 Å². The Morgan fingerprint density at radius 3 is 2.19 bits per heavy atom. The number of hydrogen-bond acceptors (Lipinski definition) is 4. The van der Waals surface area contributed by atoms with Crippen LogP contribution in [-0.2, 0) is 6.54 Å². The van der Waals surface area contributed by atoms with Gasteiger partial charge in [0.25, 0.3) is 0 Å². The minimum atomic E-state index is 0.0949. The minimum Gasteiger partial charge on any atom is -0.493 e. The Hall–Kier alpha value is -1.26. The smallest absolute Gasteiger partial charge is 0.161 e. The van der Waals surface area contributed by atoms with Crippen molar-refractivity contribution in [2.75, 3.05) is 20.8 Å². The number of aliphatic hydroxyl groups excluding tert-OH is 1. The Bertz CT molecular complexity index is 452. The molecule has 0 spiro atoms. The molecule has 120 valence electrons. The molecule has 4 heteroatoms. The first-order chi connectivity index (χ1) is 9.80. The molecule has 1 rings (SSSR count). The predicted octanol–water partition coefficient (Wildman–Crippen LogP) is 2.90. The van der Waals surface area contributed by atoms with Gasteiger partial charge in [-0.05, 0) is 42.0 Å². The standard InChI is InChI=1S/C17H29NO3/c1-12-7-15(20-5)16(21-6)8-13(12)10-18-14(11-19)9-17(2,3)4/h7-8,14,18-19H,9-11H2,1-6H3. The molecular weight excluding hydrogens is 266 g/mol. The molecule has 0 saturated heterocycles. The number of benzene rings is 1. The lowest BCUT2D eigenvalue weighted by molar-refractivity contribution is 0.198. The molecule has 0 radical (unpaired) electrons. The van der Waals surface area contributed by atoms with E-state index in [-0.39, 0.29) is 18.1 Å². The third kappa shape index (κ3) is 5.56. The van der Waals surface area contributed by atoms with E-state index in [9.17, 15) is 5.11 Å². The molecule has 0 bridgehead atoms. The van der Waals surface area contributed by atoms with Crippen LogP contribution >= 0.6 is 0 Å². The molecule has 21 heavy (non-hydrogen) atoms. The summed E-state index contributed by atoms with van der Waals surface area (Å²) in [7, 11) is 3.28. The van der Waals surface area contributed by atoms with Crippen molar-refractivity contribution in [1.82, 2.24) is 5.32 Å². The van der Waals surface area contributed by atoms with E-state index in [0.717, 1.165) is 29.0 Å². The fraction of sp³-hybridized carbons (Fsp3) is 0.647. The summed E-state index contributed by atoms with van der Waals surface area (Å²) in [5, 5.41) is 12.9. The number of aliphatic hydroxyl groups is 1. The normalized spacial score (nSPS) is 13.1. The van der Waals surface area contributed by atoms with E-state index in [0.29, 0.717) is 6.54 Å². The summed E-state index contributed by atoms with van der Waals surface area (Å²) < 4.78 is 10.6. The highest BCUT2D eigenvalue weighted by atomic mass is 16.5. The zero-order valence-corrected chi connectivity index (χ0v) is 14.1. The number of hydrogen-bond donors (Lipinski definition) is 2. The second-order valence-corrected chi connectivity index (χ2v) is 6.66. The van der Waals surface area contributed by atoms with Crippen LogP contribution in [0.1, 0.15) is 38.3 Å². The number of ether oxygens (including phenoxy) is 2. The van der Waals surface area contributed by atoms with E-state index in [4.69, 9.17) is 9.47 Å². The molecule has 4 nitrogen and oxygen atoms in total. The summed E-state index contributed by atoms with van der Waals surface area (Å²) in [6.07, 6.45) is 0.926. The van der Waals surface area contributed by atoms with Crippen molar-refractivity contribution in [3.8, 4) is 11.5 Å². The van der Waals surface area contributed by atoms with Crippen LogP contribution < -0.4 is 14.8 Å². The number of nitrogens with one attached hydrogen (secondary N) is 1. The van der Waals surface area contributed by atoms with Gasteiger partial charge in [0, 0.05) is 12.6 Å². The lowest BCUT2D eigenvalue weighted by atomic mass is 9.88. The quantitative estimate of drug-likeness (QED) is 0.812. The van der Waals surface area contributed by atoms with Crippen LogP contribution in [0.25, 0.3) is 0 Å². The van der Waals surface area contributed by atoms with Crippen molar-refractivity contribution in [3.05, 3.63) is 23.3 Å². The van der Waals surface area contributed by atoms with Crippen LogP contribution in [-0.4, -0.2) is 32.0 Å². The van der Waals surface area contributed by atoms with Crippen LogP contribution in [0.3, 0.4) is 0 Å². The van der Waals surface area contributed by atoms with E-state index >= 15 is 0 Å². The van der Waals surface area contributed by atoms with Gasteiger partial charge in [-0.3, -0.25) is 0 Å². The molecule has 1 aromatic carbocycles. The van der Waals surface area contributed by atoms with E-state index in [1.165, 1.54) is 0 Å². The van der Waals surface area contributed by atoms with Crippen LogP contribution in [0, 0.1) is 12.3 Å². The van der Waals surface area contributed by atoms with Crippen molar-refractivity contribution in [2.45, 2.75) is 46.7 Å². The SMILES string of the molecule is COc1cc(C)c(CNC(CO)CC(C)(C)C)cc1OC. The van der Waals surface area contributed by atoms with Gasteiger partial charge in [-0.2, -0.15) is 0 Å². The van der Waals surface area contributed by atoms with Crippen molar-refractivity contribution < 1.29 is 14.6 Å². The molecule has 1 unspecified atom stereocenters. The molecule has 1 aromatic rings. The van der Waals surface area contributed by atoms with Gasteiger partial charge in [0.15, 0.2) is 11.5 Å². The lowest BCUT2D eigenvalue weighted by Gasteiger charge is -2.26. The summed E-state index contributed by atoms with van der Waals surface area (Å²) in [5.74, 6) is 1.48. The first-order valence-corrected chi connectivity index (χ1v) is 7.36. The van der Waals surface area contributed by atoms with Gasteiger partial charge in [-0.25, -0.2) is 0 Å². The fourth-order valence-electron chi connectivity index (χ4n) is 2.41. The Labute approximate surface area is 128 Å². The topological polar surface area (TPSA) is 50.7 Å². The highest BCUT2D eigenvalue weighted by Gasteiger charge is 2.18. The number of methoxy groups -OCH3 is 2. The Morgan fingerprint density at radius 1 is 1.14 bits per heavy atom. The molecule has 0 aliphatic rings. The highest BCUT2D eigenvalue weighted by molar-refractivity contribution is 5.47. The van der Waals surface area contributed by atoms with Crippen LogP contribution in [0.5, 0.6) is 11.5 Å². The summed E-state index contributed by atoms with van der Waals surface area (Å²) in [6, 6.07) is 4.07. The minimum absolute atomic E-state index is 0.0949. The largest absolute Gasteiger partial charge is 0.493 e. The second kappa shape index (κ2) is 7.66. The molecule has 1 atom stereocenters. The summed E-state index contributed by atoms with van der Waals surface area (Å²) in [4.78, 5) is 0. The zero-order chi connectivity index (χ0) is 16.0. The lowest BCUT2D eigenvalue weighted by Crippen LogP contribution is -2.35. The summed E-state index contributed by atoms with van der Waals surface area (Å²) >= 11 is 0. The molecule has 0 saturated carbocycles. The van der Waals surface area contributed by atoms with Crippen LogP contribution in [0.15, 0.2) is 12.1 Å². The van der Waals surface area contributed by atoms with E-state index in [1.807, 2.05) is 12.1 Å². The molecular formula is C17H29NO3. The summed E-state index contributed by atoms with van der Waals surface area (Å²) in [6.45, 7) is 9.44. The van der Waals surface area contributed by atoms with Crippen molar-refractivity contribution in [1.29, 1.82) is 0 Å². The average Bonchev–Trinajstić information content (AvgIpc) is 2.42. The molecule has 0 aromatic heterocycles. The van der Waals surface area contributed by atoms with Crippen LogP contribution in [0.4, 0.5) is 0 Å². The molecule has 0 heterocycles. The van der Waals surface area contributed by atoms with E-state index < -0.39 is 0 Å². The van der Waals surface area contributed by atoms with Crippen LogP contribution in [0.2, 0.25) is 0 Å². The molecule has 0 aliphatic carbocycles. The Morgan fingerprint density at radius 2 is 1.71 bits per heavy atom. The first kappa shape index (κ1) is 17.8. The highest BCUT2D eigenvalue weighted by Crippen LogP contribution is 2.30. The van der Waals surface area contributed by atoms with Gasteiger partial charge < -0.3 is 19.9 Å². The number of rotatable bonds is 7. The zero-order valence-electron chi connectivity index (χ0n) is 14.1. The number of aryl methyl sites for hydroxylation is 1. The third-order valence-electron chi connectivity index (χ3n) is 3.50. The van der Waals surface area contributed by atoms with Crippen molar-refractivity contribution >= 4 is 0 Å². The maximum absolute atomic E-state index is 9.51. The maximum Gasteiger partial charge on any atom is 0.161 e. The van der Waals surface area contributed by atoms with E-state index in [2.05, 4.69) is 33.0 Å². The van der Waals surface area contributed by atoms with Gasteiger partial charge in [0.05, 0.1) is 20.8 Å². The Balaban J connectivity index is 2.78. The monoisotopic (exact) mass is 295 g/mol. The van der Waals surface area contributed by atoms with Gasteiger partial charge in [0.1, 0.15) is 0 Å². The molecule has 0 amide bonds. The van der Waals surface area contributed by atoms with Crippen molar-refractivity contribution in [3.63, 3.8) is 0 Å². The molecule has 2 N–H and O–H groups in total. The molecule has 0 aliphatic heterocycles.